The van der Waals surface area contributed by atoms with Crippen LogP contribution in [0.1, 0.15) is 41.7 Å². The molecule has 0 saturated heterocycles. The lowest BCUT2D eigenvalue weighted by Gasteiger charge is -2.33. The van der Waals surface area contributed by atoms with Crippen molar-refractivity contribution >= 4 is 17.6 Å². The third kappa shape index (κ3) is 3.42. The number of rotatable bonds is 3. The van der Waals surface area contributed by atoms with Crippen molar-refractivity contribution in [1.29, 1.82) is 0 Å². The van der Waals surface area contributed by atoms with E-state index in [1.165, 1.54) is 6.20 Å². The number of nitrogens with one attached hydrogen (secondary N) is 1. The van der Waals surface area contributed by atoms with Gasteiger partial charge in [0.25, 0.3) is 5.69 Å². The first kappa shape index (κ1) is 19.2. The van der Waals surface area contributed by atoms with Crippen LogP contribution in [0.3, 0.4) is 0 Å². The Morgan fingerprint density at radius 2 is 1.90 bits per heavy atom. The first-order valence-corrected chi connectivity index (χ1v) is 10.3. The number of anilines is 1. The monoisotopic (exact) mass is 415 g/mol. The molecule has 0 radical (unpaired) electrons. The maximum atomic E-state index is 12.9. The van der Waals surface area contributed by atoms with Gasteiger partial charge in [-0.25, -0.2) is 4.79 Å². The van der Waals surface area contributed by atoms with E-state index in [4.69, 9.17) is 4.74 Å². The number of ether oxygens (including phenoxy) is 1. The predicted octanol–water partition coefficient (Wildman–Crippen LogP) is 3.58. The standard InChI is InChI=1S/C24H21N3O4/c28-22(26-18-10-13-25-20(15-18)16-5-2-1-3-6-16)17-8-11-24(12-9-17)21-19(23(29)31-24)7-4-14-27(21)30/h1-7,10,13-15,17H,8-9,11-12H2,(H,25,26,28). The molecule has 1 saturated carbocycles. The van der Waals surface area contributed by atoms with Gasteiger partial charge in [-0.2, -0.15) is 4.73 Å². The number of benzene rings is 1. The summed E-state index contributed by atoms with van der Waals surface area (Å²) in [6, 6.07) is 16.6. The fourth-order valence-electron chi connectivity index (χ4n) is 4.59. The summed E-state index contributed by atoms with van der Waals surface area (Å²) in [5.41, 5.74) is 2.23. The van der Waals surface area contributed by atoms with Crippen molar-refractivity contribution in [2.24, 2.45) is 5.92 Å². The average Bonchev–Trinajstić information content (AvgIpc) is 3.07. The van der Waals surface area contributed by atoms with Gasteiger partial charge in [0.2, 0.25) is 5.91 Å². The second-order valence-electron chi connectivity index (χ2n) is 8.04. The summed E-state index contributed by atoms with van der Waals surface area (Å²) in [5.74, 6) is -0.758. The van der Waals surface area contributed by atoms with Gasteiger partial charge in [-0.15, -0.1) is 0 Å². The molecule has 1 aromatic carbocycles. The molecule has 1 fully saturated rings. The summed E-state index contributed by atoms with van der Waals surface area (Å²) in [6.45, 7) is 0. The van der Waals surface area contributed by atoms with Crippen LogP contribution in [-0.4, -0.2) is 16.9 Å². The zero-order valence-corrected chi connectivity index (χ0v) is 16.8. The number of esters is 1. The Labute approximate surface area is 179 Å². The van der Waals surface area contributed by atoms with Crippen LogP contribution in [-0.2, 0) is 15.1 Å². The van der Waals surface area contributed by atoms with Crippen molar-refractivity contribution in [3.8, 4) is 11.3 Å². The number of amides is 1. The highest BCUT2D eigenvalue weighted by atomic mass is 16.6. The molecule has 3 heterocycles. The lowest BCUT2D eigenvalue weighted by atomic mass is 9.76. The third-order valence-electron chi connectivity index (χ3n) is 6.16. The van der Waals surface area contributed by atoms with Gasteiger partial charge in [0.15, 0.2) is 11.8 Å². The molecule has 1 amide bonds. The van der Waals surface area contributed by atoms with Crippen molar-refractivity contribution in [3.63, 3.8) is 0 Å². The van der Waals surface area contributed by atoms with E-state index < -0.39 is 11.6 Å². The van der Waals surface area contributed by atoms with E-state index in [0.717, 1.165) is 16.0 Å². The molecule has 2 aromatic heterocycles. The van der Waals surface area contributed by atoms with Crippen LogP contribution in [0.2, 0.25) is 0 Å². The van der Waals surface area contributed by atoms with E-state index in [9.17, 15) is 14.8 Å². The lowest BCUT2D eigenvalue weighted by Crippen LogP contribution is -2.44. The minimum atomic E-state index is -0.927. The normalized spacial score (nSPS) is 22.1. The molecule has 2 aliphatic rings. The van der Waals surface area contributed by atoms with Gasteiger partial charge < -0.3 is 15.3 Å². The second kappa shape index (κ2) is 7.50. The molecule has 0 atom stereocenters. The van der Waals surface area contributed by atoms with Crippen LogP contribution in [0.4, 0.5) is 5.69 Å². The molecular weight excluding hydrogens is 394 g/mol. The zero-order chi connectivity index (χ0) is 21.4. The molecule has 1 aliphatic heterocycles. The fraction of sp³-hybridized carbons (Fsp3) is 0.250. The third-order valence-corrected chi connectivity index (χ3v) is 6.16. The molecule has 31 heavy (non-hydrogen) atoms. The Bertz CT molecular complexity index is 1150. The Morgan fingerprint density at radius 1 is 1.13 bits per heavy atom. The Kier molecular flexibility index (Phi) is 4.66. The first-order chi connectivity index (χ1) is 15.1. The highest BCUT2D eigenvalue weighted by Crippen LogP contribution is 2.46. The van der Waals surface area contributed by atoms with Gasteiger partial charge in [-0.3, -0.25) is 9.78 Å². The number of hydrogen-bond acceptors (Lipinski definition) is 5. The molecule has 0 unspecified atom stereocenters. The number of hydrogen-bond donors (Lipinski definition) is 1. The molecule has 1 N–H and O–H groups in total. The van der Waals surface area contributed by atoms with Crippen molar-refractivity contribution in [1.82, 2.24) is 4.98 Å². The van der Waals surface area contributed by atoms with Gasteiger partial charge >= 0.3 is 5.97 Å². The highest BCUT2D eigenvalue weighted by Gasteiger charge is 2.54. The van der Waals surface area contributed by atoms with Gasteiger partial charge in [0.1, 0.15) is 5.56 Å². The SMILES string of the molecule is O=C1OC2(CCC(C(=O)Nc3ccnc(-c4ccccc4)c3)CC2)c2c1ccc[n+]2[O-]. The maximum absolute atomic E-state index is 12.9. The minimum absolute atomic E-state index is 0.0762. The number of aromatic nitrogens is 2. The quantitative estimate of drug-likeness (QED) is 0.401. The molecule has 7 nitrogen and oxygen atoms in total. The Morgan fingerprint density at radius 3 is 2.68 bits per heavy atom. The fourth-order valence-corrected chi connectivity index (χ4v) is 4.59. The summed E-state index contributed by atoms with van der Waals surface area (Å²) >= 11 is 0. The summed E-state index contributed by atoms with van der Waals surface area (Å²) < 4.78 is 6.38. The van der Waals surface area contributed by atoms with Crippen LogP contribution >= 0.6 is 0 Å². The predicted molar refractivity (Wildman–Crippen MR) is 113 cm³/mol. The Balaban J connectivity index is 1.29. The average molecular weight is 415 g/mol. The smallest absolute Gasteiger partial charge is 0.345 e. The molecule has 156 valence electrons. The summed E-state index contributed by atoms with van der Waals surface area (Å²) in [7, 11) is 0. The second-order valence-corrected chi connectivity index (χ2v) is 8.04. The van der Waals surface area contributed by atoms with Crippen LogP contribution in [0.15, 0.2) is 67.0 Å². The van der Waals surface area contributed by atoms with Crippen LogP contribution < -0.4 is 10.0 Å². The van der Waals surface area contributed by atoms with Gasteiger partial charge in [-0.1, -0.05) is 30.3 Å². The largest absolute Gasteiger partial charge is 0.618 e. The number of carbonyl (C=O) groups excluding carboxylic acids is 2. The van der Waals surface area contributed by atoms with Crippen molar-refractivity contribution in [2.45, 2.75) is 31.3 Å². The summed E-state index contributed by atoms with van der Waals surface area (Å²) in [6.07, 6.45) is 5.02. The van der Waals surface area contributed by atoms with Crippen molar-refractivity contribution < 1.29 is 19.1 Å². The summed E-state index contributed by atoms with van der Waals surface area (Å²) in [4.78, 5) is 29.5. The molecule has 0 bridgehead atoms. The van der Waals surface area contributed by atoms with Crippen molar-refractivity contribution in [3.05, 3.63) is 83.5 Å². The van der Waals surface area contributed by atoms with Crippen LogP contribution in [0.5, 0.6) is 0 Å². The van der Waals surface area contributed by atoms with Gasteiger partial charge in [0, 0.05) is 29.4 Å². The van der Waals surface area contributed by atoms with E-state index in [-0.39, 0.29) is 11.8 Å². The van der Waals surface area contributed by atoms with Crippen LogP contribution in [0, 0.1) is 11.1 Å². The number of nitrogens with zero attached hydrogens (tertiary/aromatic N) is 2. The molecule has 3 aromatic rings. The molecule has 5 rings (SSSR count). The molecule has 1 spiro atoms. The van der Waals surface area contributed by atoms with Gasteiger partial charge in [-0.05, 0) is 43.9 Å². The minimum Gasteiger partial charge on any atom is -0.618 e. The first-order valence-electron chi connectivity index (χ1n) is 10.3. The molecule has 7 heteroatoms. The highest BCUT2D eigenvalue weighted by molar-refractivity contribution is 5.94. The van der Waals surface area contributed by atoms with Crippen LogP contribution in [0.25, 0.3) is 11.3 Å². The zero-order valence-electron chi connectivity index (χ0n) is 16.8. The van der Waals surface area contributed by atoms with E-state index in [1.54, 1.807) is 24.4 Å². The Hall–Kier alpha value is -3.74. The van der Waals surface area contributed by atoms with E-state index >= 15 is 0 Å². The number of carbonyl (C=O) groups is 2. The lowest BCUT2D eigenvalue weighted by molar-refractivity contribution is -0.621. The van der Waals surface area contributed by atoms with Gasteiger partial charge in [0.05, 0.1) is 5.69 Å². The van der Waals surface area contributed by atoms with E-state index in [1.807, 2.05) is 36.4 Å². The van der Waals surface area contributed by atoms with E-state index in [2.05, 4.69) is 10.3 Å². The molecule has 1 aliphatic carbocycles. The van der Waals surface area contributed by atoms with Crippen molar-refractivity contribution in [2.75, 3.05) is 5.32 Å². The van der Waals surface area contributed by atoms with E-state index in [0.29, 0.717) is 42.6 Å². The summed E-state index contributed by atoms with van der Waals surface area (Å²) in [5, 5.41) is 15.3. The topological polar surface area (TPSA) is 95.2 Å². The number of pyridine rings is 2. The number of fused-ring (bicyclic) bond motifs is 2. The molecular formula is C24H21N3O4. The maximum Gasteiger partial charge on any atom is 0.345 e.